The van der Waals surface area contributed by atoms with E-state index >= 15 is 0 Å². The van der Waals surface area contributed by atoms with E-state index in [0.717, 1.165) is 71.0 Å². The Labute approximate surface area is 306 Å². The lowest BCUT2D eigenvalue weighted by molar-refractivity contribution is -0.193. The van der Waals surface area contributed by atoms with Crippen LogP contribution in [0.25, 0.3) is 0 Å². The minimum Gasteiger partial charge on any atom is -0.466 e. The molecule has 0 radical (unpaired) electrons. The molecule has 0 rings (SSSR count). The summed E-state index contributed by atoms with van der Waals surface area (Å²) in [6.07, 6.45) is 34.9. The van der Waals surface area contributed by atoms with Crippen LogP contribution in [-0.4, -0.2) is 67.3 Å². The number of hydrogen-bond acceptors (Lipinski definition) is 6. The SMILES string of the molecule is CCCCCCCCCOC(=O)CCCCCCCN(CCO)CCCCCCCC(OC(C)CCCCCC)OC(C)CCCCCC. The van der Waals surface area contributed by atoms with Gasteiger partial charge in [0.05, 0.1) is 25.4 Å². The molecule has 0 aromatic heterocycles. The highest BCUT2D eigenvalue weighted by molar-refractivity contribution is 5.69. The fourth-order valence-electron chi connectivity index (χ4n) is 6.65. The van der Waals surface area contributed by atoms with Crippen LogP contribution in [0.5, 0.6) is 0 Å². The van der Waals surface area contributed by atoms with Gasteiger partial charge in [0.15, 0.2) is 6.29 Å². The first kappa shape index (κ1) is 48.3. The topological polar surface area (TPSA) is 68.2 Å². The van der Waals surface area contributed by atoms with Crippen molar-refractivity contribution >= 4 is 5.97 Å². The zero-order valence-electron chi connectivity index (χ0n) is 33.8. The van der Waals surface area contributed by atoms with Crippen LogP contribution < -0.4 is 0 Å². The normalized spacial score (nSPS) is 13.6. The average molecular weight is 698 g/mol. The molecule has 2 unspecified atom stereocenters. The molecule has 0 fully saturated rings. The molecule has 0 amide bonds. The fraction of sp³-hybridized carbons (Fsp3) is 0.977. The third kappa shape index (κ3) is 35.5. The summed E-state index contributed by atoms with van der Waals surface area (Å²) < 4.78 is 18.3. The molecule has 0 saturated carbocycles. The number of esters is 1. The Bertz CT molecular complexity index is 642. The van der Waals surface area contributed by atoms with E-state index in [1.807, 2.05) is 0 Å². The van der Waals surface area contributed by atoms with E-state index in [4.69, 9.17) is 14.2 Å². The summed E-state index contributed by atoms with van der Waals surface area (Å²) in [5.41, 5.74) is 0. The fourth-order valence-corrected chi connectivity index (χ4v) is 6.65. The maximum atomic E-state index is 12.0. The summed E-state index contributed by atoms with van der Waals surface area (Å²) in [6.45, 7) is 15.0. The number of ether oxygens (including phenoxy) is 3. The summed E-state index contributed by atoms with van der Waals surface area (Å²) in [5.74, 6) is -0.0212. The highest BCUT2D eigenvalue weighted by atomic mass is 16.7. The van der Waals surface area contributed by atoms with Gasteiger partial charge in [-0.2, -0.15) is 0 Å². The Balaban J connectivity index is 4.06. The van der Waals surface area contributed by atoms with Crippen LogP contribution in [0.1, 0.15) is 221 Å². The Hall–Kier alpha value is -0.690. The first-order chi connectivity index (χ1) is 24.0. The lowest BCUT2D eigenvalue weighted by atomic mass is 10.1. The molecule has 0 aliphatic rings. The molecule has 0 aliphatic heterocycles. The Morgan fingerprint density at radius 1 is 0.510 bits per heavy atom. The van der Waals surface area contributed by atoms with Gasteiger partial charge in [-0.15, -0.1) is 0 Å². The second-order valence-electron chi connectivity index (χ2n) is 15.0. The molecule has 2 atom stereocenters. The van der Waals surface area contributed by atoms with Crippen molar-refractivity contribution in [2.45, 2.75) is 239 Å². The van der Waals surface area contributed by atoms with Crippen LogP contribution in [0.2, 0.25) is 0 Å². The molecule has 0 aliphatic carbocycles. The number of carbonyl (C=O) groups excluding carboxylic acids is 1. The largest absolute Gasteiger partial charge is 0.466 e. The number of aliphatic hydroxyl groups excluding tert-OH is 1. The van der Waals surface area contributed by atoms with Crippen LogP contribution in [0, 0.1) is 0 Å². The minimum atomic E-state index is -0.0732. The standard InChI is InChI=1S/C43H87NO5/c1-6-9-12-15-16-23-30-39-47-42(46)33-26-19-17-21-28-35-44(37-38-45)36-29-22-18-20-27-34-43(48-40(4)31-24-13-10-7-2)49-41(5)32-25-14-11-8-3/h40-41,43,45H,6-39H2,1-5H3. The second kappa shape index (κ2) is 38.5. The Morgan fingerprint density at radius 2 is 0.918 bits per heavy atom. The van der Waals surface area contributed by atoms with Gasteiger partial charge in [-0.3, -0.25) is 4.79 Å². The van der Waals surface area contributed by atoms with E-state index in [2.05, 4.69) is 39.5 Å². The summed E-state index contributed by atoms with van der Waals surface area (Å²) in [5, 5.41) is 9.58. The smallest absolute Gasteiger partial charge is 0.305 e. The first-order valence-corrected chi connectivity index (χ1v) is 21.8. The van der Waals surface area contributed by atoms with Crippen LogP contribution in [-0.2, 0) is 19.0 Å². The lowest BCUT2D eigenvalue weighted by Gasteiger charge is -2.26. The van der Waals surface area contributed by atoms with E-state index in [-0.39, 0.29) is 31.1 Å². The van der Waals surface area contributed by atoms with Crippen molar-refractivity contribution in [3.8, 4) is 0 Å². The monoisotopic (exact) mass is 698 g/mol. The van der Waals surface area contributed by atoms with Crippen molar-refractivity contribution in [3.63, 3.8) is 0 Å². The molecular formula is C43H87NO5. The third-order valence-electron chi connectivity index (χ3n) is 9.89. The maximum Gasteiger partial charge on any atom is 0.305 e. The van der Waals surface area contributed by atoms with Crippen LogP contribution in [0.4, 0.5) is 0 Å². The second-order valence-corrected chi connectivity index (χ2v) is 15.0. The minimum absolute atomic E-state index is 0.0212. The molecule has 0 saturated heterocycles. The van der Waals surface area contributed by atoms with Gasteiger partial charge in [-0.25, -0.2) is 0 Å². The van der Waals surface area contributed by atoms with Gasteiger partial charge in [0.25, 0.3) is 0 Å². The highest BCUT2D eigenvalue weighted by Crippen LogP contribution is 2.19. The Morgan fingerprint density at radius 3 is 1.43 bits per heavy atom. The maximum absolute atomic E-state index is 12.0. The number of aliphatic hydroxyl groups is 1. The number of carbonyl (C=O) groups is 1. The molecular weight excluding hydrogens is 610 g/mol. The zero-order valence-corrected chi connectivity index (χ0v) is 33.8. The van der Waals surface area contributed by atoms with Gasteiger partial charge >= 0.3 is 5.97 Å². The van der Waals surface area contributed by atoms with Crippen molar-refractivity contribution in [1.29, 1.82) is 0 Å². The summed E-state index contributed by atoms with van der Waals surface area (Å²) in [4.78, 5) is 14.4. The van der Waals surface area contributed by atoms with Crippen molar-refractivity contribution in [2.24, 2.45) is 0 Å². The molecule has 0 aromatic rings. The van der Waals surface area contributed by atoms with E-state index in [9.17, 15) is 9.90 Å². The number of rotatable bonds is 40. The Kier molecular flexibility index (Phi) is 38.0. The number of hydrogen-bond donors (Lipinski definition) is 1. The average Bonchev–Trinajstić information content (AvgIpc) is 3.08. The quantitative estimate of drug-likeness (QED) is 0.0390. The molecule has 0 aromatic carbocycles. The number of unbranched alkanes of at least 4 members (excludes halogenated alkanes) is 20. The summed E-state index contributed by atoms with van der Waals surface area (Å²) in [7, 11) is 0. The van der Waals surface area contributed by atoms with Crippen molar-refractivity contribution in [1.82, 2.24) is 4.90 Å². The summed E-state index contributed by atoms with van der Waals surface area (Å²) >= 11 is 0. The van der Waals surface area contributed by atoms with Gasteiger partial charge in [-0.1, -0.05) is 149 Å². The van der Waals surface area contributed by atoms with Gasteiger partial charge in [0.1, 0.15) is 0 Å². The van der Waals surface area contributed by atoms with Gasteiger partial charge in [0, 0.05) is 13.0 Å². The van der Waals surface area contributed by atoms with Gasteiger partial charge in [-0.05, 0) is 78.3 Å². The van der Waals surface area contributed by atoms with Crippen molar-refractivity contribution in [2.75, 3.05) is 32.8 Å². The molecule has 6 nitrogen and oxygen atoms in total. The van der Waals surface area contributed by atoms with Crippen molar-refractivity contribution in [3.05, 3.63) is 0 Å². The molecule has 1 N–H and O–H groups in total. The first-order valence-electron chi connectivity index (χ1n) is 21.8. The highest BCUT2D eigenvalue weighted by Gasteiger charge is 2.17. The zero-order chi connectivity index (χ0) is 36.0. The van der Waals surface area contributed by atoms with Gasteiger partial charge < -0.3 is 24.2 Å². The predicted molar refractivity (Wildman–Crippen MR) is 210 cm³/mol. The van der Waals surface area contributed by atoms with E-state index in [0.29, 0.717) is 13.0 Å². The summed E-state index contributed by atoms with van der Waals surface area (Å²) in [6, 6.07) is 0. The van der Waals surface area contributed by atoms with E-state index < -0.39 is 0 Å². The van der Waals surface area contributed by atoms with E-state index in [1.54, 1.807) is 0 Å². The molecule has 49 heavy (non-hydrogen) atoms. The molecule has 6 heteroatoms. The van der Waals surface area contributed by atoms with Crippen molar-refractivity contribution < 1.29 is 24.1 Å². The van der Waals surface area contributed by atoms with Crippen LogP contribution in [0.15, 0.2) is 0 Å². The molecule has 0 bridgehead atoms. The lowest BCUT2D eigenvalue weighted by Crippen LogP contribution is -2.29. The van der Waals surface area contributed by atoms with Crippen LogP contribution in [0.3, 0.4) is 0 Å². The molecule has 0 heterocycles. The third-order valence-corrected chi connectivity index (χ3v) is 9.89. The molecule has 294 valence electrons. The molecule has 0 spiro atoms. The van der Waals surface area contributed by atoms with Crippen LogP contribution >= 0.6 is 0 Å². The number of nitrogens with zero attached hydrogens (tertiary/aromatic N) is 1. The predicted octanol–water partition coefficient (Wildman–Crippen LogP) is 12.3. The van der Waals surface area contributed by atoms with E-state index in [1.165, 1.54) is 128 Å². The van der Waals surface area contributed by atoms with Gasteiger partial charge in [0.2, 0.25) is 0 Å².